The second kappa shape index (κ2) is 54.5. The summed E-state index contributed by atoms with van der Waals surface area (Å²) in [6, 6.07) is 0. The molecule has 0 aromatic carbocycles. The van der Waals surface area contributed by atoms with Gasteiger partial charge in [-0.2, -0.15) is 0 Å². The number of carbonyl (C=O) groups excluding carboxylic acids is 2. The molecular weight excluding hydrogens is 930 g/mol. The Hall–Kier alpha value is -2.29. The van der Waals surface area contributed by atoms with Crippen molar-refractivity contribution in [3.05, 3.63) is 60.8 Å². The number of hydrogen-bond donors (Lipinski definition) is 1. The molecule has 0 bridgehead atoms. The number of unbranched alkanes of at least 4 members (excludes halogenated alkanes) is 32. The Morgan fingerprint density at radius 2 is 0.781 bits per heavy atom. The highest BCUT2D eigenvalue weighted by Crippen LogP contribution is 2.43. The van der Waals surface area contributed by atoms with Crippen LogP contribution in [0.25, 0.3) is 0 Å². The minimum Gasteiger partial charge on any atom is -0.462 e. The summed E-state index contributed by atoms with van der Waals surface area (Å²) in [5, 5.41) is 0. The van der Waals surface area contributed by atoms with E-state index in [2.05, 4.69) is 74.6 Å². The van der Waals surface area contributed by atoms with Gasteiger partial charge in [0.15, 0.2) is 6.10 Å². The highest BCUT2D eigenvalue weighted by atomic mass is 31.2. The molecule has 0 aromatic rings. The van der Waals surface area contributed by atoms with Gasteiger partial charge in [0.1, 0.15) is 19.8 Å². The van der Waals surface area contributed by atoms with Gasteiger partial charge in [0.2, 0.25) is 0 Å². The molecule has 0 saturated heterocycles. The molecule has 1 N–H and O–H groups in total. The Morgan fingerprint density at radius 1 is 0.438 bits per heavy atom. The maximum atomic E-state index is 12.8. The van der Waals surface area contributed by atoms with E-state index in [0.717, 1.165) is 83.5 Å². The van der Waals surface area contributed by atoms with Gasteiger partial charge in [-0.15, -0.1) is 0 Å². The lowest BCUT2D eigenvalue weighted by Gasteiger charge is -2.24. The van der Waals surface area contributed by atoms with E-state index in [9.17, 15) is 19.0 Å². The van der Waals surface area contributed by atoms with Crippen molar-refractivity contribution in [1.82, 2.24) is 0 Å². The van der Waals surface area contributed by atoms with Gasteiger partial charge in [0.25, 0.3) is 0 Å². The molecule has 0 radical (unpaired) electrons. The first-order valence-electron chi connectivity index (χ1n) is 30.5. The summed E-state index contributed by atoms with van der Waals surface area (Å²) in [4.78, 5) is 35.7. The lowest BCUT2D eigenvalue weighted by atomic mass is 10.0. The standard InChI is InChI=1S/C63H116NO8P/c1-6-8-10-12-14-16-18-20-22-24-26-28-29-30-31-32-33-34-36-37-39-41-43-45-47-49-51-53-55-62(65)69-59-61(60-71-73(67,68)70-58-57-64(3,4)5)72-63(66)56-54-52-50-48-46-44-42-40-38-35-27-25-23-21-19-17-15-13-11-9-7-2/h9,11,15,17,21,23,27,35,40,42,61H,6-8,10,12-14,16,18-20,22,24-26,28-34,36-39,41,43-60H2,1-5H3/p+1/b11-9-,17-15-,23-21-,35-27-,42-40-. The Bertz CT molecular complexity index is 1420. The molecule has 0 aromatic heterocycles. The minimum atomic E-state index is -4.39. The fraction of sp³-hybridized carbons (Fsp3) is 0.810. The predicted octanol–water partition coefficient (Wildman–Crippen LogP) is 19.1. The van der Waals surface area contributed by atoms with E-state index in [4.69, 9.17) is 18.5 Å². The highest BCUT2D eigenvalue weighted by Gasteiger charge is 2.27. The first-order valence-corrected chi connectivity index (χ1v) is 32.0. The van der Waals surface area contributed by atoms with Crippen molar-refractivity contribution >= 4 is 19.8 Å². The molecule has 0 heterocycles. The number of quaternary nitrogens is 1. The fourth-order valence-corrected chi connectivity index (χ4v) is 9.37. The van der Waals surface area contributed by atoms with Crippen LogP contribution in [0.4, 0.5) is 0 Å². The van der Waals surface area contributed by atoms with E-state index in [1.165, 1.54) is 161 Å². The van der Waals surface area contributed by atoms with Crippen molar-refractivity contribution in [3.63, 3.8) is 0 Å². The maximum Gasteiger partial charge on any atom is 0.472 e. The summed E-state index contributed by atoms with van der Waals surface area (Å²) < 4.78 is 34.6. The highest BCUT2D eigenvalue weighted by molar-refractivity contribution is 7.47. The van der Waals surface area contributed by atoms with Crippen LogP contribution >= 0.6 is 7.82 Å². The number of phosphoric ester groups is 1. The number of allylic oxidation sites excluding steroid dienone is 10. The summed E-state index contributed by atoms with van der Waals surface area (Å²) in [6.07, 6.45) is 70.2. The molecule has 0 aliphatic rings. The average molecular weight is 1050 g/mol. The lowest BCUT2D eigenvalue weighted by molar-refractivity contribution is -0.870. The molecule has 10 heteroatoms. The van der Waals surface area contributed by atoms with Crippen LogP contribution in [0.5, 0.6) is 0 Å². The van der Waals surface area contributed by atoms with Crippen LogP contribution in [0.3, 0.4) is 0 Å². The number of ether oxygens (including phenoxy) is 2. The summed E-state index contributed by atoms with van der Waals surface area (Å²) in [7, 11) is 1.47. The molecule has 0 rings (SSSR count). The molecule has 0 spiro atoms. The molecule has 426 valence electrons. The number of likely N-dealkylation sites (N-methyl/N-ethyl adjacent to an activating group) is 1. The monoisotopic (exact) mass is 1050 g/mol. The van der Waals surface area contributed by atoms with E-state index < -0.39 is 26.5 Å². The molecule has 0 fully saturated rings. The molecule has 0 aliphatic heterocycles. The fourth-order valence-electron chi connectivity index (χ4n) is 8.63. The smallest absolute Gasteiger partial charge is 0.462 e. The molecule has 2 atom stereocenters. The summed E-state index contributed by atoms with van der Waals surface area (Å²) in [6.45, 7) is 4.33. The predicted molar refractivity (Wildman–Crippen MR) is 312 cm³/mol. The van der Waals surface area contributed by atoms with Crippen molar-refractivity contribution < 1.29 is 42.1 Å². The largest absolute Gasteiger partial charge is 0.472 e. The zero-order valence-corrected chi connectivity index (χ0v) is 49.3. The molecule has 73 heavy (non-hydrogen) atoms. The van der Waals surface area contributed by atoms with E-state index in [-0.39, 0.29) is 32.0 Å². The lowest BCUT2D eigenvalue weighted by Crippen LogP contribution is -2.37. The zero-order chi connectivity index (χ0) is 53.5. The van der Waals surface area contributed by atoms with Crippen molar-refractivity contribution in [2.45, 2.75) is 283 Å². The van der Waals surface area contributed by atoms with Crippen LogP contribution in [0.15, 0.2) is 60.8 Å². The van der Waals surface area contributed by atoms with Crippen LogP contribution in [0.1, 0.15) is 277 Å². The van der Waals surface area contributed by atoms with Gasteiger partial charge in [-0.1, -0.05) is 267 Å². The van der Waals surface area contributed by atoms with E-state index in [1.807, 2.05) is 21.1 Å². The van der Waals surface area contributed by atoms with Gasteiger partial charge in [0.05, 0.1) is 27.7 Å². The first kappa shape index (κ1) is 70.7. The molecule has 0 aliphatic carbocycles. The second-order valence-corrected chi connectivity index (χ2v) is 23.2. The van der Waals surface area contributed by atoms with Crippen LogP contribution in [0.2, 0.25) is 0 Å². The second-order valence-electron chi connectivity index (χ2n) is 21.7. The number of esters is 2. The third-order valence-corrected chi connectivity index (χ3v) is 14.3. The Morgan fingerprint density at radius 3 is 1.16 bits per heavy atom. The molecular formula is C63H117NO8P+. The molecule has 0 saturated carbocycles. The quantitative estimate of drug-likeness (QED) is 0.0211. The summed E-state index contributed by atoms with van der Waals surface area (Å²) in [5.74, 6) is -0.810. The average Bonchev–Trinajstić information content (AvgIpc) is 3.35. The van der Waals surface area contributed by atoms with Gasteiger partial charge in [-0.05, 0) is 57.8 Å². The minimum absolute atomic E-state index is 0.0265. The molecule has 2 unspecified atom stereocenters. The van der Waals surface area contributed by atoms with Crippen LogP contribution in [0, 0.1) is 0 Å². The van der Waals surface area contributed by atoms with Gasteiger partial charge >= 0.3 is 19.8 Å². The third kappa shape index (κ3) is 58.8. The van der Waals surface area contributed by atoms with E-state index >= 15 is 0 Å². The Kier molecular flexibility index (Phi) is 52.8. The van der Waals surface area contributed by atoms with Crippen molar-refractivity contribution in [2.75, 3.05) is 47.5 Å². The SMILES string of the molecule is CC/C=C\C/C=C\C/C=C\C/C=C\C/C=C\CCCCCCCC(=O)OC(COC(=O)CCCCCCCCCCCCCCCCCCCCCCCCCCCCCC)COP(=O)(O)OCC[N+](C)(C)C. The van der Waals surface area contributed by atoms with Gasteiger partial charge in [-0.25, -0.2) is 4.57 Å². The van der Waals surface area contributed by atoms with Crippen LogP contribution in [-0.2, 0) is 32.7 Å². The first-order chi connectivity index (χ1) is 35.5. The normalized spacial score (nSPS) is 13.7. The molecule has 0 amide bonds. The number of carbonyl (C=O) groups is 2. The Labute approximate surface area is 451 Å². The number of hydrogen-bond acceptors (Lipinski definition) is 7. The topological polar surface area (TPSA) is 108 Å². The zero-order valence-electron chi connectivity index (χ0n) is 48.4. The van der Waals surface area contributed by atoms with Gasteiger partial charge in [-0.3, -0.25) is 18.6 Å². The molecule has 9 nitrogen and oxygen atoms in total. The number of nitrogens with zero attached hydrogens (tertiary/aromatic N) is 1. The van der Waals surface area contributed by atoms with Crippen LogP contribution in [-0.4, -0.2) is 74.9 Å². The number of rotatable bonds is 56. The summed E-state index contributed by atoms with van der Waals surface area (Å²) >= 11 is 0. The van der Waals surface area contributed by atoms with Crippen molar-refractivity contribution in [2.24, 2.45) is 0 Å². The van der Waals surface area contributed by atoms with Gasteiger partial charge < -0.3 is 18.9 Å². The van der Waals surface area contributed by atoms with E-state index in [0.29, 0.717) is 17.4 Å². The van der Waals surface area contributed by atoms with Crippen molar-refractivity contribution in [1.29, 1.82) is 0 Å². The van der Waals surface area contributed by atoms with Crippen LogP contribution < -0.4 is 0 Å². The number of phosphoric acid groups is 1. The Balaban J connectivity index is 4.11. The van der Waals surface area contributed by atoms with E-state index in [1.54, 1.807) is 0 Å². The third-order valence-electron chi connectivity index (χ3n) is 13.3. The summed E-state index contributed by atoms with van der Waals surface area (Å²) in [5.41, 5.74) is 0. The maximum absolute atomic E-state index is 12.8. The van der Waals surface area contributed by atoms with Crippen molar-refractivity contribution in [3.8, 4) is 0 Å². The van der Waals surface area contributed by atoms with Gasteiger partial charge in [0, 0.05) is 12.8 Å².